The summed E-state index contributed by atoms with van der Waals surface area (Å²) in [6, 6.07) is 15.6. The second-order valence-corrected chi connectivity index (χ2v) is 5.24. The minimum absolute atomic E-state index is 0.251. The van der Waals surface area contributed by atoms with Crippen LogP contribution < -0.4 is 10.6 Å². The first kappa shape index (κ1) is 17.3. The Labute approximate surface area is 144 Å². The van der Waals surface area contributed by atoms with Crippen LogP contribution in [0.2, 0.25) is 5.02 Å². The van der Waals surface area contributed by atoms with Crippen molar-refractivity contribution in [2.24, 2.45) is 0 Å². The molecule has 0 unspecified atom stereocenters. The molecule has 0 bridgehead atoms. The number of nitrogens with one attached hydrogen (secondary N) is 2. The van der Waals surface area contributed by atoms with Crippen LogP contribution in [-0.4, -0.2) is 11.8 Å². The summed E-state index contributed by atoms with van der Waals surface area (Å²) < 4.78 is 0. The smallest absolute Gasteiger partial charge is 0.248 e. The van der Waals surface area contributed by atoms with E-state index in [4.69, 9.17) is 16.9 Å². The van der Waals surface area contributed by atoms with E-state index in [0.29, 0.717) is 16.4 Å². The number of nitriles is 1. The molecule has 2 amide bonds. The Balaban J connectivity index is 2.05. The fourth-order valence-electron chi connectivity index (χ4n) is 1.89. The third kappa shape index (κ3) is 5.27. The van der Waals surface area contributed by atoms with Gasteiger partial charge in [-0.1, -0.05) is 35.9 Å². The number of benzene rings is 2. The first-order chi connectivity index (χ1) is 11.6. The van der Waals surface area contributed by atoms with Crippen molar-refractivity contribution >= 4 is 40.9 Å². The zero-order valence-corrected chi connectivity index (χ0v) is 13.4. The van der Waals surface area contributed by atoms with Crippen LogP contribution in [0.1, 0.15) is 12.0 Å². The number of rotatable bonds is 5. The number of para-hydroxylation sites is 2. The molecule has 0 saturated heterocycles. The number of hydrogen-bond donors (Lipinski definition) is 2. The predicted octanol–water partition coefficient (Wildman–Crippen LogP) is 3.84. The average molecular weight is 340 g/mol. The highest BCUT2D eigenvalue weighted by molar-refractivity contribution is 6.30. The van der Waals surface area contributed by atoms with Crippen molar-refractivity contribution in [3.63, 3.8) is 0 Å². The Kier molecular flexibility index (Phi) is 6.12. The van der Waals surface area contributed by atoms with Crippen LogP contribution >= 0.6 is 11.6 Å². The Morgan fingerprint density at radius 2 is 1.67 bits per heavy atom. The lowest BCUT2D eigenvalue weighted by atomic mass is 10.2. The fourth-order valence-corrected chi connectivity index (χ4v) is 2.01. The Bertz CT molecular complexity index is 808. The number of carbonyl (C=O) groups is 2. The van der Waals surface area contributed by atoms with Gasteiger partial charge < -0.3 is 10.6 Å². The van der Waals surface area contributed by atoms with Crippen molar-refractivity contribution in [3.05, 3.63) is 65.2 Å². The van der Waals surface area contributed by atoms with E-state index >= 15 is 0 Å². The highest BCUT2D eigenvalue weighted by Crippen LogP contribution is 2.21. The first-order valence-corrected chi connectivity index (χ1v) is 7.47. The maximum absolute atomic E-state index is 12.0. The summed E-state index contributed by atoms with van der Waals surface area (Å²) in [6.45, 7) is 0. The normalized spacial score (nSPS) is 10.2. The van der Waals surface area contributed by atoms with Crippen LogP contribution in [0.25, 0.3) is 6.08 Å². The van der Waals surface area contributed by atoms with E-state index in [1.54, 1.807) is 60.7 Å². The minimum atomic E-state index is -0.434. The standard InChI is InChI=1S/C18H14ClN3O2/c19-14-8-5-13(6-9-14)7-10-17(23)21-15-3-1-2-4-16(15)22-18(24)11-12-20/h1-10H,11H2,(H,21,23)(H,22,24)/b10-7+. The lowest BCUT2D eigenvalue weighted by Gasteiger charge is -2.10. The number of amides is 2. The van der Waals surface area contributed by atoms with Gasteiger partial charge in [0.05, 0.1) is 17.4 Å². The van der Waals surface area contributed by atoms with Crippen LogP contribution in [0.4, 0.5) is 11.4 Å². The molecule has 2 aromatic carbocycles. The van der Waals surface area contributed by atoms with Gasteiger partial charge in [-0.05, 0) is 35.9 Å². The molecule has 0 saturated carbocycles. The number of anilines is 2. The van der Waals surface area contributed by atoms with E-state index in [1.807, 2.05) is 0 Å². The minimum Gasteiger partial charge on any atom is -0.323 e. The van der Waals surface area contributed by atoms with E-state index < -0.39 is 5.91 Å². The number of hydrogen-bond acceptors (Lipinski definition) is 3. The zero-order chi connectivity index (χ0) is 17.4. The van der Waals surface area contributed by atoms with Crippen molar-refractivity contribution in [1.82, 2.24) is 0 Å². The van der Waals surface area contributed by atoms with E-state index in [-0.39, 0.29) is 12.3 Å². The maximum Gasteiger partial charge on any atom is 0.248 e. The summed E-state index contributed by atoms with van der Waals surface area (Å²) in [5, 5.41) is 14.4. The molecule has 0 fully saturated rings. The van der Waals surface area contributed by atoms with Gasteiger partial charge in [0, 0.05) is 11.1 Å². The molecule has 5 nitrogen and oxygen atoms in total. The van der Waals surface area contributed by atoms with E-state index in [0.717, 1.165) is 5.56 Å². The highest BCUT2D eigenvalue weighted by Gasteiger charge is 2.07. The molecule has 2 N–H and O–H groups in total. The molecule has 0 aliphatic rings. The Morgan fingerprint density at radius 3 is 2.29 bits per heavy atom. The topological polar surface area (TPSA) is 82.0 Å². The van der Waals surface area contributed by atoms with E-state index in [9.17, 15) is 9.59 Å². The molecule has 2 aromatic rings. The Morgan fingerprint density at radius 1 is 1.04 bits per heavy atom. The summed E-state index contributed by atoms with van der Waals surface area (Å²) >= 11 is 5.81. The van der Waals surface area contributed by atoms with Gasteiger partial charge in [-0.15, -0.1) is 0 Å². The maximum atomic E-state index is 12.0. The SMILES string of the molecule is N#CCC(=O)Nc1ccccc1NC(=O)/C=C/c1ccc(Cl)cc1. The molecule has 0 radical (unpaired) electrons. The molecule has 0 heterocycles. The molecule has 0 atom stereocenters. The van der Waals surface area contributed by atoms with Crippen molar-refractivity contribution in [1.29, 1.82) is 5.26 Å². The molecule has 24 heavy (non-hydrogen) atoms. The van der Waals surface area contributed by atoms with Gasteiger partial charge in [0.15, 0.2) is 0 Å². The second-order valence-electron chi connectivity index (χ2n) is 4.80. The Hall–Kier alpha value is -3.10. The summed E-state index contributed by atoms with van der Waals surface area (Å²) in [5.41, 5.74) is 1.73. The van der Waals surface area contributed by atoms with Gasteiger partial charge in [-0.3, -0.25) is 9.59 Å². The molecule has 0 aromatic heterocycles. The molecule has 120 valence electrons. The molecule has 6 heteroatoms. The second kappa shape index (κ2) is 8.51. The average Bonchev–Trinajstić information content (AvgIpc) is 2.56. The van der Waals surface area contributed by atoms with Gasteiger partial charge in [0.2, 0.25) is 11.8 Å². The summed E-state index contributed by atoms with van der Waals surface area (Å²) in [6.07, 6.45) is 2.79. The van der Waals surface area contributed by atoms with Gasteiger partial charge in [0.1, 0.15) is 6.42 Å². The van der Waals surface area contributed by atoms with Gasteiger partial charge in [-0.2, -0.15) is 5.26 Å². The predicted molar refractivity (Wildman–Crippen MR) is 94.4 cm³/mol. The number of nitrogens with zero attached hydrogens (tertiary/aromatic N) is 1. The monoisotopic (exact) mass is 339 g/mol. The summed E-state index contributed by atoms with van der Waals surface area (Å²) in [7, 11) is 0. The van der Waals surface area contributed by atoms with Gasteiger partial charge in [-0.25, -0.2) is 0 Å². The third-order valence-electron chi connectivity index (χ3n) is 3.00. The van der Waals surface area contributed by atoms with Gasteiger partial charge in [0.25, 0.3) is 0 Å². The molecule has 0 aliphatic carbocycles. The van der Waals surface area contributed by atoms with Crippen molar-refractivity contribution in [2.45, 2.75) is 6.42 Å². The number of halogens is 1. The molecular weight excluding hydrogens is 326 g/mol. The van der Waals surface area contributed by atoms with Crippen molar-refractivity contribution in [3.8, 4) is 6.07 Å². The molecule has 0 spiro atoms. The van der Waals surface area contributed by atoms with Crippen LogP contribution in [0.15, 0.2) is 54.6 Å². The lowest BCUT2D eigenvalue weighted by molar-refractivity contribution is -0.115. The van der Waals surface area contributed by atoms with E-state index in [2.05, 4.69) is 10.6 Å². The van der Waals surface area contributed by atoms with Crippen LogP contribution in [0, 0.1) is 11.3 Å². The van der Waals surface area contributed by atoms with E-state index in [1.165, 1.54) is 6.08 Å². The third-order valence-corrected chi connectivity index (χ3v) is 3.25. The zero-order valence-electron chi connectivity index (χ0n) is 12.6. The fraction of sp³-hybridized carbons (Fsp3) is 0.0556. The van der Waals surface area contributed by atoms with Crippen LogP contribution in [0.3, 0.4) is 0 Å². The quantitative estimate of drug-likeness (QED) is 0.812. The largest absolute Gasteiger partial charge is 0.323 e. The lowest BCUT2D eigenvalue weighted by Crippen LogP contribution is -2.14. The number of carbonyl (C=O) groups excluding carboxylic acids is 2. The van der Waals surface area contributed by atoms with Gasteiger partial charge >= 0.3 is 0 Å². The first-order valence-electron chi connectivity index (χ1n) is 7.09. The van der Waals surface area contributed by atoms with Crippen molar-refractivity contribution < 1.29 is 9.59 Å². The molecular formula is C18H14ClN3O2. The summed E-state index contributed by atoms with van der Waals surface area (Å²) in [5.74, 6) is -0.775. The molecule has 0 aliphatic heterocycles. The summed E-state index contributed by atoms with van der Waals surface area (Å²) in [4.78, 5) is 23.5. The van der Waals surface area contributed by atoms with Crippen molar-refractivity contribution in [2.75, 3.05) is 10.6 Å². The highest BCUT2D eigenvalue weighted by atomic mass is 35.5. The van der Waals surface area contributed by atoms with Crippen LogP contribution in [0.5, 0.6) is 0 Å². The molecule has 2 rings (SSSR count). The van der Waals surface area contributed by atoms with Crippen LogP contribution in [-0.2, 0) is 9.59 Å².